The van der Waals surface area contributed by atoms with Crippen molar-refractivity contribution in [1.29, 1.82) is 0 Å². The Morgan fingerprint density at radius 2 is 2.04 bits per heavy atom. The summed E-state index contributed by atoms with van der Waals surface area (Å²) in [7, 11) is 1.73. The number of nitrogens with one attached hydrogen (secondary N) is 1. The molecule has 3 aromatic rings. The maximum Gasteiger partial charge on any atom is 0.268 e. The van der Waals surface area contributed by atoms with Gasteiger partial charge in [-0.05, 0) is 36.4 Å². The zero-order valence-corrected chi connectivity index (χ0v) is 14.7. The number of ether oxygens (including phenoxy) is 1. The number of nitrogens with zero attached hydrogens (tertiary/aromatic N) is 1. The van der Waals surface area contributed by atoms with Crippen LogP contribution in [-0.2, 0) is 7.05 Å². The fourth-order valence-corrected chi connectivity index (χ4v) is 3.45. The molecule has 0 radical (unpaired) electrons. The molecule has 2 amide bonds. The predicted molar refractivity (Wildman–Crippen MR) is 98.2 cm³/mol. The highest BCUT2D eigenvalue weighted by Crippen LogP contribution is 2.33. The molecular weight excluding hydrogens is 349 g/mol. The van der Waals surface area contributed by atoms with Crippen LogP contribution in [0.25, 0.3) is 10.9 Å². The molecule has 0 aliphatic carbocycles. The number of halogens is 1. The summed E-state index contributed by atoms with van der Waals surface area (Å²) in [4.78, 5) is 24.2. The van der Waals surface area contributed by atoms with E-state index in [1.807, 2.05) is 0 Å². The lowest BCUT2D eigenvalue weighted by Crippen LogP contribution is -2.33. The second-order valence-electron chi connectivity index (χ2n) is 6.57. The van der Waals surface area contributed by atoms with Crippen molar-refractivity contribution in [2.75, 3.05) is 6.61 Å². The number of amides is 2. The molecule has 1 aromatic heterocycles. The molecule has 2 aromatic carbocycles. The van der Waals surface area contributed by atoms with E-state index in [9.17, 15) is 14.0 Å². The molecule has 1 atom stereocenters. The summed E-state index contributed by atoms with van der Waals surface area (Å²) < 4.78 is 20.8. The highest BCUT2D eigenvalue weighted by atomic mass is 19.1. The minimum absolute atomic E-state index is 0.252. The van der Waals surface area contributed by atoms with Crippen LogP contribution >= 0.6 is 0 Å². The van der Waals surface area contributed by atoms with E-state index in [1.54, 1.807) is 41.9 Å². The molecule has 0 saturated carbocycles. The van der Waals surface area contributed by atoms with Crippen molar-refractivity contribution >= 4 is 22.7 Å². The fraction of sp³-hybridized carbons (Fsp3) is 0.200. The minimum atomic E-state index is -0.532. The Kier molecular flexibility index (Phi) is 4.07. The average Bonchev–Trinajstić information content (AvgIpc) is 2.98. The van der Waals surface area contributed by atoms with Gasteiger partial charge in [0, 0.05) is 30.0 Å². The SMILES string of the molecule is Cn1c(C(=O)N[C@@H]2CCOc3cc(C(N)=O)ccc32)cc2ccc(F)cc21. The zero-order chi connectivity index (χ0) is 19.1. The van der Waals surface area contributed by atoms with E-state index in [-0.39, 0.29) is 17.8 Å². The summed E-state index contributed by atoms with van der Waals surface area (Å²) in [6.45, 7) is 0.417. The van der Waals surface area contributed by atoms with E-state index in [0.717, 1.165) is 10.9 Å². The number of benzene rings is 2. The Labute approximate surface area is 154 Å². The number of hydrogen-bond donors (Lipinski definition) is 2. The topological polar surface area (TPSA) is 86.3 Å². The number of carbonyl (C=O) groups is 2. The second-order valence-corrected chi connectivity index (χ2v) is 6.57. The normalized spacial score (nSPS) is 15.9. The Balaban J connectivity index is 1.63. The molecule has 6 nitrogen and oxygen atoms in total. The van der Waals surface area contributed by atoms with E-state index in [1.165, 1.54) is 12.1 Å². The predicted octanol–water partition coefficient (Wildman–Crippen LogP) is 2.67. The van der Waals surface area contributed by atoms with E-state index < -0.39 is 5.91 Å². The van der Waals surface area contributed by atoms with Gasteiger partial charge < -0.3 is 20.4 Å². The maximum atomic E-state index is 13.5. The van der Waals surface area contributed by atoms with Crippen LogP contribution in [0.2, 0.25) is 0 Å². The van der Waals surface area contributed by atoms with Gasteiger partial charge in [0.05, 0.1) is 18.2 Å². The van der Waals surface area contributed by atoms with E-state index in [2.05, 4.69) is 5.32 Å². The molecular formula is C20H18FN3O3. The van der Waals surface area contributed by atoms with Crippen LogP contribution in [0.15, 0.2) is 42.5 Å². The van der Waals surface area contributed by atoms with Crippen molar-refractivity contribution in [3.63, 3.8) is 0 Å². The molecule has 0 bridgehead atoms. The minimum Gasteiger partial charge on any atom is -0.493 e. The fourth-order valence-electron chi connectivity index (χ4n) is 3.45. The van der Waals surface area contributed by atoms with Gasteiger partial charge >= 0.3 is 0 Å². The summed E-state index contributed by atoms with van der Waals surface area (Å²) in [6.07, 6.45) is 0.604. The van der Waals surface area contributed by atoms with Gasteiger partial charge in [0.1, 0.15) is 17.3 Å². The first-order chi connectivity index (χ1) is 12.9. The van der Waals surface area contributed by atoms with Crippen LogP contribution in [0.1, 0.15) is 38.9 Å². The average molecular weight is 367 g/mol. The number of aromatic nitrogens is 1. The maximum absolute atomic E-state index is 13.5. The summed E-state index contributed by atoms with van der Waals surface area (Å²) in [5, 5.41) is 3.80. The van der Waals surface area contributed by atoms with Gasteiger partial charge in [0.2, 0.25) is 5.91 Å². The van der Waals surface area contributed by atoms with E-state index in [0.29, 0.717) is 35.6 Å². The highest BCUT2D eigenvalue weighted by Gasteiger charge is 2.25. The molecule has 2 heterocycles. The summed E-state index contributed by atoms with van der Waals surface area (Å²) in [5.41, 5.74) is 7.56. The Morgan fingerprint density at radius 1 is 1.22 bits per heavy atom. The first-order valence-corrected chi connectivity index (χ1v) is 8.56. The van der Waals surface area contributed by atoms with Crippen molar-refractivity contribution in [2.24, 2.45) is 12.8 Å². The largest absolute Gasteiger partial charge is 0.493 e. The molecule has 0 fully saturated rings. The molecule has 27 heavy (non-hydrogen) atoms. The molecule has 0 spiro atoms. The van der Waals surface area contributed by atoms with Crippen molar-refractivity contribution in [1.82, 2.24) is 9.88 Å². The van der Waals surface area contributed by atoms with Gasteiger partial charge in [-0.2, -0.15) is 0 Å². The van der Waals surface area contributed by atoms with E-state index in [4.69, 9.17) is 10.5 Å². The summed E-state index contributed by atoms with van der Waals surface area (Å²) >= 11 is 0. The summed E-state index contributed by atoms with van der Waals surface area (Å²) in [6, 6.07) is 10.9. The molecule has 138 valence electrons. The number of carbonyl (C=O) groups excluding carboxylic acids is 2. The van der Waals surface area contributed by atoms with Gasteiger partial charge in [-0.25, -0.2) is 4.39 Å². The standard InChI is InChI=1S/C20H18FN3O3/c1-24-16-10-13(21)4-2-11(16)8-17(24)20(26)23-15-6-7-27-18-9-12(19(22)25)3-5-14(15)18/h2-5,8-10,15H,6-7H2,1H3,(H2,22,25)(H,23,26)/t15-/m1/s1. The first kappa shape index (κ1) is 17.1. The van der Waals surface area contributed by atoms with Crippen molar-refractivity contribution in [3.8, 4) is 5.75 Å². The molecule has 4 rings (SSSR count). The first-order valence-electron chi connectivity index (χ1n) is 8.56. The highest BCUT2D eigenvalue weighted by molar-refractivity contribution is 5.99. The summed E-state index contributed by atoms with van der Waals surface area (Å²) in [5.74, 6) is -0.595. The van der Waals surface area contributed by atoms with Gasteiger partial charge in [0.25, 0.3) is 5.91 Å². The number of nitrogens with two attached hydrogens (primary N) is 1. The quantitative estimate of drug-likeness (QED) is 0.746. The molecule has 1 aliphatic heterocycles. The van der Waals surface area contributed by atoms with E-state index >= 15 is 0 Å². The lowest BCUT2D eigenvalue weighted by atomic mass is 9.98. The Bertz CT molecular complexity index is 1070. The smallest absolute Gasteiger partial charge is 0.268 e. The molecule has 0 saturated heterocycles. The Morgan fingerprint density at radius 3 is 2.81 bits per heavy atom. The van der Waals surface area contributed by atoms with Crippen LogP contribution in [0.3, 0.4) is 0 Å². The Hall–Kier alpha value is -3.35. The van der Waals surface area contributed by atoms with Gasteiger partial charge in [-0.1, -0.05) is 6.07 Å². The monoisotopic (exact) mass is 367 g/mol. The van der Waals surface area contributed by atoms with Crippen molar-refractivity contribution in [3.05, 3.63) is 65.1 Å². The van der Waals surface area contributed by atoms with Crippen molar-refractivity contribution < 1.29 is 18.7 Å². The van der Waals surface area contributed by atoms with Crippen LogP contribution < -0.4 is 15.8 Å². The number of primary amides is 1. The van der Waals surface area contributed by atoms with Gasteiger partial charge in [0.15, 0.2) is 0 Å². The molecule has 0 unspecified atom stereocenters. The number of rotatable bonds is 3. The lowest BCUT2D eigenvalue weighted by Gasteiger charge is -2.27. The van der Waals surface area contributed by atoms with Crippen LogP contribution in [0.5, 0.6) is 5.75 Å². The molecule has 1 aliphatic rings. The number of hydrogen-bond acceptors (Lipinski definition) is 3. The van der Waals surface area contributed by atoms with Crippen LogP contribution in [-0.4, -0.2) is 23.0 Å². The molecule has 3 N–H and O–H groups in total. The number of aryl methyl sites for hydroxylation is 1. The van der Waals surface area contributed by atoms with Crippen LogP contribution in [0.4, 0.5) is 4.39 Å². The third kappa shape index (κ3) is 3.01. The second kappa shape index (κ2) is 6.42. The van der Waals surface area contributed by atoms with Gasteiger partial charge in [-0.15, -0.1) is 0 Å². The zero-order valence-electron chi connectivity index (χ0n) is 14.7. The third-order valence-corrected chi connectivity index (χ3v) is 4.88. The van der Waals surface area contributed by atoms with Gasteiger partial charge in [-0.3, -0.25) is 9.59 Å². The molecule has 7 heteroatoms. The van der Waals surface area contributed by atoms with Crippen molar-refractivity contribution in [2.45, 2.75) is 12.5 Å². The number of fused-ring (bicyclic) bond motifs is 2. The lowest BCUT2D eigenvalue weighted by molar-refractivity contribution is 0.0915. The third-order valence-electron chi connectivity index (χ3n) is 4.88. The van der Waals surface area contributed by atoms with Crippen LogP contribution in [0, 0.1) is 5.82 Å².